The summed E-state index contributed by atoms with van der Waals surface area (Å²) in [4.78, 5) is 19.5. The molecule has 1 aromatic heterocycles. The Balaban J connectivity index is 1.84. The lowest BCUT2D eigenvalue weighted by atomic mass is 9.83. The number of carbonyl (C=O) groups is 1. The van der Waals surface area contributed by atoms with E-state index in [1.54, 1.807) is 20.8 Å². The summed E-state index contributed by atoms with van der Waals surface area (Å²) in [7, 11) is -1.61. The topological polar surface area (TPSA) is 114 Å². The van der Waals surface area contributed by atoms with Crippen LogP contribution in [0.1, 0.15) is 33.6 Å². The lowest BCUT2D eigenvalue weighted by Gasteiger charge is -2.23. The van der Waals surface area contributed by atoms with Gasteiger partial charge in [0.2, 0.25) is 0 Å². The molecule has 1 aromatic rings. The fourth-order valence-electron chi connectivity index (χ4n) is 1.71. The lowest BCUT2D eigenvalue weighted by molar-refractivity contribution is 0.0475. The molecule has 0 unspecified atom stereocenters. The van der Waals surface area contributed by atoms with E-state index in [1.807, 2.05) is 0 Å². The second kappa shape index (κ2) is 6.09. The minimum atomic E-state index is -1.61. The van der Waals surface area contributed by atoms with Gasteiger partial charge in [-0.25, -0.2) is 14.8 Å². The number of carbonyl (C=O) groups excluding carboxylic acids is 1. The predicted molar refractivity (Wildman–Crippen MR) is 78.7 cm³/mol. The highest BCUT2D eigenvalue weighted by molar-refractivity contribution is 6.58. The number of rotatable bonds is 5. The van der Waals surface area contributed by atoms with Crippen LogP contribution in [0.4, 0.5) is 4.79 Å². The van der Waals surface area contributed by atoms with E-state index >= 15 is 0 Å². The normalized spacial score (nSPS) is 15.9. The monoisotopic (exact) mass is 309 g/mol. The van der Waals surface area contributed by atoms with Crippen LogP contribution in [0.5, 0.6) is 6.01 Å². The van der Waals surface area contributed by atoms with Gasteiger partial charge in [0.25, 0.3) is 0 Å². The molecule has 0 spiro atoms. The number of hydrogen-bond donors (Lipinski definition) is 3. The maximum Gasteiger partial charge on any atom is 0.491 e. The molecule has 1 heterocycles. The second-order valence-electron chi connectivity index (χ2n) is 6.37. The fourth-order valence-corrected chi connectivity index (χ4v) is 1.71. The maximum absolute atomic E-state index is 11.8. The van der Waals surface area contributed by atoms with Crippen molar-refractivity contribution in [2.75, 3.05) is 6.61 Å². The number of amides is 1. The number of hydrogen-bond acceptors (Lipinski definition) is 7. The standard InChI is InChI=1S/C13H20BN3O5/c1-12(2,3)22-11(18)17-13(4-5-13)8-21-10-15-6-9(7-16-10)14(19)20/h6-7,19-20H,4-5,8H2,1-3H3,(H,17,18). The molecule has 8 nitrogen and oxygen atoms in total. The summed E-state index contributed by atoms with van der Waals surface area (Å²) in [6, 6.07) is 0.113. The van der Waals surface area contributed by atoms with E-state index in [4.69, 9.17) is 19.5 Å². The van der Waals surface area contributed by atoms with Gasteiger partial charge in [-0.3, -0.25) is 0 Å². The quantitative estimate of drug-likeness (QED) is 0.634. The van der Waals surface area contributed by atoms with Gasteiger partial charge in [-0.1, -0.05) is 0 Å². The first-order valence-corrected chi connectivity index (χ1v) is 7.01. The van der Waals surface area contributed by atoms with Crippen molar-refractivity contribution >= 4 is 18.7 Å². The maximum atomic E-state index is 11.8. The van der Waals surface area contributed by atoms with Crippen LogP contribution in [0.3, 0.4) is 0 Å². The smallest absolute Gasteiger partial charge is 0.461 e. The van der Waals surface area contributed by atoms with Crippen LogP contribution >= 0.6 is 0 Å². The van der Waals surface area contributed by atoms with Crippen LogP contribution in [0.2, 0.25) is 0 Å². The Morgan fingerprint density at radius 3 is 2.41 bits per heavy atom. The third-order valence-electron chi connectivity index (χ3n) is 3.04. The summed E-state index contributed by atoms with van der Waals surface area (Å²) in [5.74, 6) is 0. The summed E-state index contributed by atoms with van der Waals surface area (Å²) in [6.45, 7) is 5.63. The van der Waals surface area contributed by atoms with Gasteiger partial charge in [-0.15, -0.1) is 0 Å². The van der Waals surface area contributed by atoms with E-state index in [9.17, 15) is 4.79 Å². The van der Waals surface area contributed by atoms with E-state index in [0.29, 0.717) is 0 Å². The largest absolute Gasteiger partial charge is 0.491 e. The molecule has 0 atom stereocenters. The zero-order chi connectivity index (χ0) is 16.4. The summed E-state index contributed by atoms with van der Waals surface area (Å²) >= 11 is 0. The molecule has 0 saturated heterocycles. The van der Waals surface area contributed by atoms with Crippen LogP contribution < -0.4 is 15.5 Å². The predicted octanol–water partition coefficient (Wildman–Crippen LogP) is -0.408. The van der Waals surface area contributed by atoms with Crippen molar-refractivity contribution in [1.29, 1.82) is 0 Å². The van der Waals surface area contributed by atoms with Crippen molar-refractivity contribution in [3.63, 3.8) is 0 Å². The van der Waals surface area contributed by atoms with Crippen molar-refractivity contribution < 1.29 is 24.3 Å². The van der Waals surface area contributed by atoms with Crippen molar-refractivity contribution in [2.24, 2.45) is 0 Å². The number of nitrogens with one attached hydrogen (secondary N) is 1. The molecule has 22 heavy (non-hydrogen) atoms. The Bertz CT molecular complexity index is 525. The van der Waals surface area contributed by atoms with Crippen LogP contribution in [0, 0.1) is 0 Å². The van der Waals surface area contributed by atoms with Crippen molar-refractivity contribution in [2.45, 2.75) is 44.8 Å². The van der Waals surface area contributed by atoms with Gasteiger partial charge in [0.15, 0.2) is 0 Å². The van der Waals surface area contributed by atoms with Crippen molar-refractivity contribution in [3.05, 3.63) is 12.4 Å². The SMILES string of the molecule is CC(C)(C)OC(=O)NC1(COc2ncc(B(O)O)cn2)CC1. The molecule has 1 aliphatic rings. The third-order valence-corrected chi connectivity index (χ3v) is 3.04. The van der Waals surface area contributed by atoms with Gasteiger partial charge >= 0.3 is 19.2 Å². The van der Waals surface area contributed by atoms with E-state index in [2.05, 4.69) is 15.3 Å². The van der Waals surface area contributed by atoms with Gasteiger partial charge in [0.05, 0.1) is 5.54 Å². The average Bonchev–Trinajstić information content (AvgIpc) is 3.14. The molecule has 1 amide bonds. The van der Waals surface area contributed by atoms with Gasteiger partial charge < -0.3 is 24.8 Å². The highest BCUT2D eigenvalue weighted by Gasteiger charge is 2.46. The fraction of sp³-hybridized carbons (Fsp3) is 0.615. The third kappa shape index (κ3) is 4.85. The Kier molecular flexibility index (Phi) is 4.57. The Hall–Kier alpha value is -1.87. The zero-order valence-corrected chi connectivity index (χ0v) is 12.9. The first-order valence-electron chi connectivity index (χ1n) is 7.01. The average molecular weight is 309 g/mol. The Labute approximate surface area is 129 Å². The van der Waals surface area contributed by atoms with Crippen LogP contribution in [-0.2, 0) is 4.74 Å². The van der Waals surface area contributed by atoms with E-state index < -0.39 is 24.4 Å². The minimum absolute atomic E-state index is 0.113. The molecule has 1 saturated carbocycles. The first kappa shape index (κ1) is 16.5. The van der Waals surface area contributed by atoms with Crippen LogP contribution in [0.25, 0.3) is 0 Å². The van der Waals surface area contributed by atoms with Crippen molar-refractivity contribution in [3.8, 4) is 6.01 Å². The van der Waals surface area contributed by atoms with Gasteiger partial charge in [-0.05, 0) is 33.6 Å². The Morgan fingerprint density at radius 2 is 1.95 bits per heavy atom. The molecule has 0 aromatic carbocycles. The molecule has 3 N–H and O–H groups in total. The highest BCUT2D eigenvalue weighted by Crippen LogP contribution is 2.35. The van der Waals surface area contributed by atoms with Gasteiger partial charge in [0.1, 0.15) is 12.2 Å². The van der Waals surface area contributed by atoms with Crippen LogP contribution in [0.15, 0.2) is 12.4 Å². The minimum Gasteiger partial charge on any atom is -0.461 e. The van der Waals surface area contributed by atoms with Crippen LogP contribution in [-0.4, -0.2) is 51.0 Å². The van der Waals surface area contributed by atoms with E-state index in [-0.39, 0.29) is 18.1 Å². The Morgan fingerprint density at radius 1 is 1.36 bits per heavy atom. The molecular weight excluding hydrogens is 289 g/mol. The van der Waals surface area contributed by atoms with Crippen molar-refractivity contribution in [1.82, 2.24) is 15.3 Å². The number of alkyl carbamates (subject to hydrolysis) is 1. The van der Waals surface area contributed by atoms with E-state index in [1.165, 1.54) is 12.4 Å². The number of ether oxygens (including phenoxy) is 2. The molecule has 0 aliphatic heterocycles. The summed E-state index contributed by atoms with van der Waals surface area (Å²) in [6.07, 6.45) is 3.65. The molecule has 2 rings (SSSR count). The first-order chi connectivity index (χ1) is 10.2. The molecule has 120 valence electrons. The highest BCUT2D eigenvalue weighted by atomic mass is 16.6. The molecule has 1 fully saturated rings. The summed E-state index contributed by atoms with van der Waals surface area (Å²) in [5.41, 5.74) is -0.813. The number of aromatic nitrogens is 2. The van der Waals surface area contributed by atoms with E-state index in [0.717, 1.165) is 12.8 Å². The summed E-state index contributed by atoms with van der Waals surface area (Å²) < 4.78 is 10.7. The van der Waals surface area contributed by atoms with Gasteiger partial charge in [0, 0.05) is 17.9 Å². The molecular formula is C13H20BN3O5. The zero-order valence-electron chi connectivity index (χ0n) is 12.9. The summed E-state index contributed by atoms with van der Waals surface area (Å²) in [5, 5.41) is 20.7. The molecule has 1 aliphatic carbocycles. The lowest BCUT2D eigenvalue weighted by Crippen LogP contribution is -2.44. The molecule has 0 radical (unpaired) electrons. The van der Waals surface area contributed by atoms with Gasteiger partial charge in [-0.2, -0.15) is 0 Å². The molecule has 9 heteroatoms. The molecule has 0 bridgehead atoms. The second-order valence-corrected chi connectivity index (χ2v) is 6.37. The number of nitrogens with zero attached hydrogens (tertiary/aromatic N) is 2.